The van der Waals surface area contributed by atoms with E-state index in [2.05, 4.69) is 15.9 Å². The molecule has 0 fully saturated rings. The fourth-order valence-corrected chi connectivity index (χ4v) is 1.84. The number of hydrogen-bond acceptors (Lipinski definition) is 3. The maximum absolute atomic E-state index is 9.69. The van der Waals surface area contributed by atoms with Crippen molar-refractivity contribution >= 4 is 15.9 Å². The van der Waals surface area contributed by atoms with E-state index >= 15 is 0 Å². The van der Waals surface area contributed by atoms with Crippen LogP contribution in [-0.2, 0) is 0 Å². The number of aromatic hydroxyl groups is 1. The summed E-state index contributed by atoms with van der Waals surface area (Å²) >= 11 is 3.41. The number of phenolic OH excluding ortho intramolecular Hbond substituents is 1. The van der Waals surface area contributed by atoms with Crippen molar-refractivity contribution in [1.29, 1.82) is 0 Å². The van der Waals surface area contributed by atoms with E-state index in [-0.39, 0.29) is 12.4 Å². The number of aliphatic hydroxyl groups is 1. The van der Waals surface area contributed by atoms with Crippen LogP contribution in [0, 0.1) is 13.8 Å². The molecule has 0 amide bonds. The minimum Gasteiger partial charge on any atom is -0.508 e. The van der Waals surface area contributed by atoms with Crippen LogP contribution in [0.15, 0.2) is 10.5 Å². The van der Waals surface area contributed by atoms with E-state index < -0.39 is 6.04 Å². The Morgan fingerprint density at radius 3 is 2.57 bits per heavy atom. The molecule has 1 atom stereocenters. The van der Waals surface area contributed by atoms with Crippen molar-refractivity contribution in [3.63, 3.8) is 0 Å². The van der Waals surface area contributed by atoms with Gasteiger partial charge < -0.3 is 15.9 Å². The first-order valence-corrected chi connectivity index (χ1v) is 5.13. The monoisotopic (exact) mass is 259 g/mol. The van der Waals surface area contributed by atoms with Gasteiger partial charge in [0.1, 0.15) is 5.75 Å². The minimum atomic E-state index is -0.535. The summed E-state index contributed by atoms with van der Waals surface area (Å²) < 4.78 is 0.925. The summed E-state index contributed by atoms with van der Waals surface area (Å²) in [5, 5.41) is 18.6. The molecule has 0 spiro atoms. The number of hydrogen-bond donors (Lipinski definition) is 3. The van der Waals surface area contributed by atoms with E-state index in [1.165, 1.54) is 0 Å². The van der Waals surface area contributed by atoms with E-state index in [0.29, 0.717) is 5.56 Å². The third-order valence-electron chi connectivity index (χ3n) is 2.28. The molecule has 0 saturated heterocycles. The van der Waals surface area contributed by atoms with Crippen LogP contribution in [0.1, 0.15) is 22.7 Å². The maximum Gasteiger partial charge on any atom is 0.121 e. The van der Waals surface area contributed by atoms with Gasteiger partial charge in [-0.05, 0) is 31.0 Å². The third kappa shape index (κ3) is 1.92. The standard InChI is InChI=1S/C10H14BrNO2/c1-5-3-8(14)9(7(12)4-13)6(2)10(5)11/h3,7,13-14H,4,12H2,1-2H3. The Balaban J connectivity index is 3.36. The first kappa shape index (κ1) is 11.5. The molecule has 0 aliphatic heterocycles. The topological polar surface area (TPSA) is 66.5 Å². The molecule has 1 aromatic carbocycles. The third-order valence-corrected chi connectivity index (χ3v) is 3.50. The molecule has 1 aromatic rings. The van der Waals surface area contributed by atoms with Gasteiger partial charge in [0, 0.05) is 10.0 Å². The summed E-state index contributed by atoms with van der Waals surface area (Å²) in [6.07, 6.45) is 0. The quantitative estimate of drug-likeness (QED) is 0.759. The Morgan fingerprint density at radius 2 is 2.07 bits per heavy atom. The fraction of sp³-hybridized carbons (Fsp3) is 0.400. The van der Waals surface area contributed by atoms with E-state index in [1.807, 2.05) is 13.8 Å². The molecule has 14 heavy (non-hydrogen) atoms. The van der Waals surface area contributed by atoms with E-state index in [4.69, 9.17) is 10.8 Å². The van der Waals surface area contributed by atoms with Crippen molar-refractivity contribution in [2.75, 3.05) is 6.61 Å². The molecule has 3 nitrogen and oxygen atoms in total. The number of aryl methyl sites for hydroxylation is 1. The van der Waals surface area contributed by atoms with Gasteiger partial charge >= 0.3 is 0 Å². The molecule has 78 valence electrons. The lowest BCUT2D eigenvalue weighted by Crippen LogP contribution is -2.16. The highest BCUT2D eigenvalue weighted by atomic mass is 79.9. The van der Waals surface area contributed by atoms with Crippen LogP contribution in [0.5, 0.6) is 5.75 Å². The summed E-state index contributed by atoms with van der Waals surface area (Å²) in [6.45, 7) is 3.58. The Labute approximate surface area is 91.7 Å². The summed E-state index contributed by atoms with van der Waals surface area (Å²) in [4.78, 5) is 0. The van der Waals surface area contributed by atoms with Crippen molar-refractivity contribution in [3.05, 3.63) is 27.2 Å². The zero-order valence-electron chi connectivity index (χ0n) is 8.21. The first-order chi connectivity index (χ1) is 6.49. The predicted octanol–water partition coefficient (Wildman–Crippen LogP) is 1.76. The lowest BCUT2D eigenvalue weighted by molar-refractivity contribution is 0.265. The summed E-state index contributed by atoms with van der Waals surface area (Å²) in [7, 11) is 0. The molecule has 1 unspecified atom stereocenters. The largest absolute Gasteiger partial charge is 0.508 e. The molecule has 0 aromatic heterocycles. The summed E-state index contributed by atoms with van der Waals surface area (Å²) in [5.41, 5.74) is 8.12. The molecule has 1 rings (SSSR count). The van der Waals surface area contributed by atoms with Crippen LogP contribution in [-0.4, -0.2) is 16.8 Å². The Morgan fingerprint density at radius 1 is 1.50 bits per heavy atom. The van der Waals surface area contributed by atoms with Crippen molar-refractivity contribution < 1.29 is 10.2 Å². The number of benzene rings is 1. The van der Waals surface area contributed by atoms with Crippen molar-refractivity contribution in [2.24, 2.45) is 5.73 Å². The van der Waals surface area contributed by atoms with Crippen LogP contribution in [0.25, 0.3) is 0 Å². The van der Waals surface area contributed by atoms with Gasteiger partial charge in [0.25, 0.3) is 0 Å². The maximum atomic E-state index is 9.69. The van der Waals surface area contributed by atoms with E-state index in [9.17, 15) is 5.11 Å². The minimum absolute atomic E-state index is 0.143. The SMILES string of the molecule is Cc1cc(O)c(C(N)CO)c(C)c1Br. The molecule has 0 bridgehead atoms. The zero-order valence-corrected chi connectivity index (χ0v) is 9.80. The van der Waals surface area contributed by atoms with Gasteiger partial charge in [0.15, 0.2) is 0 Å². The van der Waals surface area contributed by atoms with Gasteiger partial charge in [0.05, 0.1) is 12.6 Å². The van der Waals surface area contributed by atoms with Crippen molar-refractivity contribution in [1.82, 2.24) is 0 Å². The van der Waals surface area contributed by atoms with Gasteiger partial charge in [-0.1, -0.05) is 15.9 Å². The molecular formula is C10H14BrNO2. The number of rotatable bonds is 2. The van der Waals surface area contributed by atoms with E-state index in [1.54, 1.807) is 6.07 Å². The predicted molar refractivity (Wildman–Crippen MR) is 59.3 cm³/mol. The summed E-state index contributed by atoms with van der Waals surface area (Å²) in [6, 6.07) is 1.11. The molecule has 0 aliphatic carbocycles. The van der Waals surface area contributed by atoms with Crippen molar-refractivity contribution in [2.45, 2.75) is 19.9 Å². The normalized spacial score (nSPS) is 12.9. The number of halogens is 1. The Bertz CT molecular complexity index is 352. The van der Waals surface area contributed by atoms with Gasteiger partial charge in [0.2, 0.25) is 0 Å². The van der Waals surface area contributed by atoms with Crippen LogP contribution < -0.4 is 5.73 Å². The second-order valence-corrected chi connectivity index (χ2v) is 4.15. The van der Waals surface area contributed by atoms with Crippen molar-refractivity contribution in [3.8, 4) is 5.75 Å². The smallest absolute Gasteiger partial charge is 0.121 e. The highest BCUT2D eigenvalue weighted by molar-refractivity contribution is 9.10. The van der Waals surface area contributed by atoms with Gasteiger partial charge in [-0.3, -0.25) is 0 Å². The highest BCUT2D eigenvalue weighted by Crippen LogP contribution is 2.34. The number of aliphatic hydroxyl groups excluding tert-OH is 1. The van der Waals surface area contributed by atoms with Gasteiger partial charge in [-0.25, -0.2) is 0 Å². The van der Waals surface area contributed by atoms with Crippen LogP contribution in [0.3, 0.4) is 0 Å². The zero-order chi connectivity index (χ0) is 10.9. The number of nitrogens with two attached hydrogens (primary N) is 1. The Hall–Kier alpha value is -0.580. The average Bonchev–Trinajstić information content (AvgIpc) is 2.14. The van der Waals surface area contributed by atoms with E-state index in [0.717, 1.165) is 15.6 Å². The average molecular weight is 260 g/mol. The van der Waals surface area contributed by atoms with Gasteiger partial charge in [-0.15, -0.1) is 0 Å². The lowest BCUT2D eigenvalue weighted by atomic mass is 9.99. The van der Waals surface area contributed by atoms with Crippen LogP contribution in [0.4, 0.5) is 0 Å². The second kappa shape index (κ2) is 4.29. The molecule has 4 N–H and O–H groups in total. The number of phenols is 1. The summed E-state index contributed by atoms with van der Waals surface area (Å²) in [5.74, 6) is 0.143. The molecule has 0 radical (unpaired) electrons. The molecular weight excluding hydrogens is 246 g/mol. The molecule has 0 saturated carbocycles. The molecule has 0 heterocycles. The van der Waals surface area contributed by atoms with Crippen LogP contribution >= 0.6 is 15.9 Å². The highest BCUT2D eigenvalue weighted by Gasteiger charge is 2.16. The lowest BCUT2D eigenvalue weighted by Gasteiger charge is -2.16. The Kier molecular flexibility index (Phi) is 3.53. The molecule has 0 aliphatic rings. The van der Waals surface area contributed by atoms with Crippen LogP contribution in [0.2, 0.25) is 0 Å². The van der Waals surface area contributed by atoms with Gasteiger partial charge in [-0.2, -0.15) is 0 Å². The molecule has 4 heteroatoms. The fourth-order valence-electron chi connectivity index (χ4n) is 1.51. The first-order valence-electron chi connectivity index (χ1n) is 4.34. The second-order valence-electron chi connectivity index (χ2n) is 3.35.